The molecule has 0 unspecified atom stereocenters. The summed E-state index contributed by atoms with van der Waals surface area (Å²) >= 11 is 0. The maximum Gasteiger partial charge on any atom is -0.00134 e. The summed E-state index contributed by atoms with van der Waals surface area (Å²) in [6.45, 7) is 18.3. The number of hydrogen-bond acceptors (Lipinski definition) is 1. The maximum atomic E-state index is 2.59. The molecule has 0 aromatic carbocycles. The van der Waals surface area contributed by atoms with Gasteiger partial charge in [-0.1, -0.05) is 41.5 Å². The highest BCUT2D eigenvalue weighted by molar-refractivity contribution is 4.93. The predicted molar refractivity (Wildman–Crippen MR) is 72.7 cm³/mol. The van der Waals surface area contributed by atoms with Crippen LogP contribution in [-0.4, -0.2) is 24.5 Å². The molecule has 0 bridgehead atoms. The smallest absolute Gasteiger partial charge is 0.00134 e. The van der Waals surface area contributed by atoms with E-state index in [2.05, 4.69) is 46.4 Å². The Hall–Kier alpha value is -0.0400. The van der Waals surface area contributed by atoms with Crippen LogP contribution in [-0.2, 0) is 0 Å². The lowest BCUT2D eigenvalue weighted by molar-refractivity contribution is -0.00114. The third kappa shape index (κ3) is 3.00. The summed E-state index contributed by atoms with van der Waals surface area (Å²) in [6, 6.07) is 0. The minimum Gasteiger partial charge on any atom is -0.304 e. The zero-order valence-electron chi connectivity index (χ0n) is 12.3. The molecular weight excluding hydrogens is 194 g/mol. The molecule has 0 amide bonds. The largest absolute Gasteiger partial charge is 0.304 e. The number of rotatable bonds is 4. The van der Waals surface area contributed by atoms with Gasteiger partial charge in [-0.25, -0.2) is 0 Å². The second-order valence-corrected chi connectivity index (χ2v) is 6.98. The summed E-state index contributed by atoms with van der Waals surface area (Å²) in [6.07, 6.45) is 4.11. The first kappa shape index (κ1) is 14.0. The quantitative estimate of drug-likeness (QED) is 0.694. The Balaban J connectivity index is 2.64. The Morgan fingerprint density at radius 3 is 2.06 bits per heavy atom. The Labute approximate surface area is 103 Å². The fourth-order valence-electron chi connectivity index (χ4n) is 3.31. The minimum absolute atomic E-state index is 0.487. The van der Waals surface area contributed by atoms with Gasteiger partial charge in [0.25, 0.3) is 0 Å². The van der Waals surface area contributed by atoms with Gasteiger partial charge in [-0.3, -0.25) is 0 Å². The van der Waals surface area contributed by atoms with E-state index in [4.69, 9.17) is 0 Å². The van der Waals surface area contributed by atoms with Gasteiger partial charge in [0.1, 0.15) is 0 Å². The molecule has 1 heteroatoms. The van der Waals surface area contributed by atoms with Gasteiger partial charge in [-0.2, -0.15) is 0 Å². The van der Waals surface area contributed by atoms with E-state index >= 15 is 0 Å². The highest BCUT2D eigenvalue weighted by atomic mass is 15.1. The van der Waals surface area contributed by atoms with Crippen LogP contribution >= 0.6 is 0 Å². The van der Waals surface area contributed by atoms with Crippen molar-refractivity contribution in [2.75, 3.05) is 19.6 Å². The molecule has 0 N–H and O–H groups in total. The fraction of sp³-hybridized carbons (Fsp3) is 1.00. The van der Waals surface area contributed by atoms with Gasteiger partial charge in [0.15, 0.2) is 0 Å². The Morgan fingerprint density at radius 2 is 1.69 bits per heavy atom. The molecule has 1 aliphatic heterocycles. The third-order valence-corrected chi connectivity index (χ3v) is 4.96. The van der Waals surface area contributed by atoms with Crippen LogP contribution in [0.4, 0.5) is 0 Å². The SMILES string of the molecule is CCN1CCC(C)(C(C)(C)CC(C)C)CC1. The first-order valence-corrected chi connectivity index (χ1v) is 7.03. The van der Waals surface area contributed by atoms with Crippen molar-refractivity contribution >= 4 is 0 Å². The summed E-state index contributed by atoms with van der Waals surface area (Å²) in [5, 5.41) is 0. The van der Waals surface area contributed by atoms with Crippen molar-refractivity contribution in [2.45, 2.75) is 60.8 Å². The molecule has 0 spiro atoms. The molecule has 1 fully saturated rings. The second kappa shape index (κ2) is 5.08. The highest BCUT2D eigenvalue weighted by Gasteiger charge is 2.42. The molecule has 0 atom stereocenters. The van der Waals surface area contributed by atoms with E-state index in [0.29, 0.717) is 10.8 Å². The lowest BCUT2D eigenvalue weighted by Crippen LogP contribution is -2.46. The molecule has 0 saturated carbocycles. The molecule has 1 nitrogen and oxygen atoms in total. The molecule has 1 heterocycles. The van der Waals surface area contributed by atoms with Crippen LogP contribution < -0.4 is 0 Å². The van der Waals surface area contributed by atoms with Gasteiger partial charge >= 0.3 is 0 Å². The number of likely N-dealkylation sites (tertiary alicyclic amines) is 1. The summed E-state index contributed by atoms with van der Waals surface area (Å²) in [7, 11) is 0. The number of piperidine rings is 1. The average molecular weight is 225 g/mol. The average Bonchev–Trinajstić information content (AvgIpc) is 2.17. The molecular formula is C15H31N. The van der Waals surface area contributed by atoms with Crippen LogP contribution in [0.1, 0.15) is 60.8 Å². The van der Waals surface area contributed by atoms with Crippen LogP contribution in [0.3, 0.4) is 0 Å². The standard InChI is InChI=1S/C15H31N/c1-7-16-10-8-15(6,9-11-16)14(4,5)12-13(2)3/h13H,7-12H2,1-6H3. The maximum absolute atomic E-state index is 2.59. The van der Waals surface area contributed by atoms with Crippen molar-refractivity contribution in [3.05, 3.63) is 0 Å². The lowest BCUT2D eigenvalue weighted by Gasteiger charge is -2.50. The van der Waals surface area contributed by atoms with Crippen molar-refractivity contribution in [3.8, 4) is 0 Å². The minimum atomic E-state index is 0.487. The van der Waals surface area contributed by atoms with Crippen LogP contribution in [0, 0.1) is 16.7 Å². The molecule has 0 aliphatic carbocycles. The van der Waals surface area contributed by atoms with Crippen molar-refractivity contribution in [3.63, 3.8) is 0 Å². The van der Waals surface area contributed by atoms with E-state index in [1.165, 1.54) is 38.9 Å². The van der Waals surface area contributed by atoms with Crippen molar-refractivity contribution in [1.82, 2.24) is 4.90 Å². The lowest BCUT2D eigenvalue weighted by atomic mass is 9.59. The first-order chi connectivity index (χ1) is 7.31. The zero-order chi connectivity index (χ0) is 12.4. The Kier molecular flexibility index (Phi) is 4.45. The molecule has 0 radical (unpaired) electrons. The number of hydrogen-bond donors (Lipinski definition) is 0. The van der Waals surface area contributed by atoms with Crippen molar-refractivity contribution in [2.24, 2.45) is 16.7 Å². The summed E-state index contributed by atoms with van der Waals surface area (Å²) in [5.74, 6) is 0.816. The van der Waals surface area contributed by atoms with Gasteiger partial charge in [0, 0.05) is 0 Å². The third-order valence-electron chi connectivity index (χ3n) is 4.96. The molecule has 96 valence electrons. The van der Waals surface area contributed by atoms with Crippen LogP contribution in [0.5, 0.6) is 0 Å². The topological polar surface area (TPSA) is 3.24 Å². The molecule has 0 aromatic rings. The predicted octanol–water partition coefficient (Wildman–Crippen LogP) is 4.18. The molecule has 1 aliphatic rings. The normalized spacial score (nSPS) is 22.7. The summed E-state index contributed by atoms with van der Waals surface area (Å²) < 4.78 is 0. The van der Waals surface area contributed by atoms with E-state index in [1.807, 2.05) is 0 Å². The highest BCUT2D eigenvalue weighted by Crippen LogP contribution is 2.49. The monoisotopic (exact) mass is 225 g/mol. The van der Waals surface area contributed by atoms with Gasteiger partial charge in [0.2, 0.25) is 0 Å². The molecule has 1 saturated heterocycles. The Bertz CT molecular complexity index is 209. The molecule has 16 heavy (non-hydrogen) atoms. The van der Waals surface area contributed by atoms with Crippen LogP contribution in [0.2, 0.25) is 0 Å². The van der Waals surface area contributed by atoms with E-state index in [1.54, 1.807) is 0 Å². The summed E-state index contributed by atoms with van der Waals surface area (Å²) in [5.41, 5.74) is 1.03. The van der Waals surface area contributed by atoms with E-state index in [-0.39, 0.29) is 0 Å². The Morgan fingerprint density at radius 1 is 1.19 bits per heavy atom. The van der Waals surface area contributed by atoms with Crippen molar-refractivity contribution in [1.29, 1.82) is 0 Å². The van der Waals surface area contributed by atoms with Crippen LogP contribution in [0.25, 0.3) is 0 Å². The van der Waals surface area contributed by atoms with Gasteiger partial charge in [-0.15, -0.1) is 0 Å². The summed E-state index contributed by atoms with van der Waals surface area (Å²) in [4.78, 5) is 2.59. The van der Waals surface area contributed by atoms with E-state index < -0.39 is 0 Å². The second-order valence-electron chi connectivity index (χ2n) is 6.98. The van der Waals surface area contributed by atoms with Crippen LogP contribution in [0.15, 0.2) is 0 Å². The van der Waals surface area contributed by atoms with Gasteiger partial charge in [0.05, 0.1) is 0 Å². The van der Waals surface area contributed by atoms with Gasteiger partial charge < -0.3 is 4.90 Å². The zero-order valence-corrected chi connectivity index (χ0v) is 12.3. The number of nitrogens with zero attached hydrogens (tertiary/aromatic N) is 1. The van der Waals surface area contributed by atoms with Gasteiger partial charge in [-0.05, 0) is 55.6 Å². The fourth-order valence-corrected chi connectivity index (χ4v) is 3.31. The first-order valence-electron chi connectivity index (χ1n) is 7.03. The van der Waals surface area contributed by atoms with E-state index in [9.17, 15) is 0 Å². The molecule has 0 aromatic heterocycles. The molecule has 1 rings (SSSR count). The van der Waals surface area contributed by atoms with Crippen molar-refractivity contribution < 1.29 is 0 Å². The van der Waals surface area contributed by atoms with E-state index in [0.717, 1.165) is 5.92 Å².